The van der Waals surface area contributed by atoms with Crippen molar-refractivity contribution in [3.05, 3.63) is 42.0 Å². The summed E-state index contributed by atoms with van der Waals surface area (Å²) in [5, 5.41) is 2.64. The van der Waals surface area contributed by atoms with Gasteiger partial charge in [0.2, 0.25) is 0 Å². The summed E-state index contributed by atoms with van der Waals surface area (Å²) in [7, 11) is 4.25. The molecule has 2 aromatic carbocycles. The molecule has 2 aromatic rings. The van der Waals surface area contributed by atoms with Gasteiger partial charge in [0.1, 0.15) is 5.75 Å². The lowest BCUT2D eigenvalue weighted by molar-refractivity contribution is 0.306. The average molecular weight is 285 g/mol. The first kappa shape index (κ1) is 15.8. The second kappa shape index (κ2) is 8.04. The first-order valence-electron chi connectivity index (χ1n) is 8.00. The summed E-state index contributed by atoms with van der Waals surface area (Å²) >= 11 is 0. The maximum atomic E-state index is 6.03. The summed E-state index contributed by atoms with van der Waals surface area (Å²) in [5.41, 5.74) is 1.37. The third kappa shape index (κ3) is 4.47. The first-order valence-corrected chi connectivity index (χ1v) is 8.00. The number of fused-ring (bicyclic) bond motifs is 1. The second-order valence-corrected chi connectivity index (χ2v) is 5.87. The monoisotopic (exact) mass is 285 g/mol. The molecule has 114 valence electrons. The summed E-state index contributed by atoms with van der Waals surface area (Å²) in [5.74, 6) is 1.07. The summed E-state index contributed by atoms with van der Waals surface area (Å²) in [6, 6.07) is 12.9. The van der Waals surface area contributed by atoms with Gasteiger partial charge in [-0.1, -0.05) is 43.7 Å². The van der Waals surface area contributed by atoms with Crippen molar-refractivity contribution in [3.63, 3.8) is 0 Å². The number of nitrogens with zero attached hydrogens (tertiary/aromatic N) is 1. The third-order valence-electron chi connectivity index (χ3n) is 3.79. The molecule has 0 saturated carbocycles. The molecule has 0 spiro atoms. The molecule has 0 amide bonds. The molecule has 0 bridgehead atoms. The van der Waals surface area contributed by atoms with Gasteiger partial charge in [-0.3, -0.25) is 0 Å². The van der Waals surface area contributed by atoms with E-state index in [0.29, 0.717) is 0 Å². The lowest BCUT2D eigenvalue weighted by Gasteiger charge is -2.15. The van der Waals surface area contributed by atoms with Crippen molar-refractivity contribution in [2.75, 3.05) is 27.2 Å². The molecule has 0 aliphatic rings. The second-order valence-electron chi connectivity index (χ2n) is 5.87. The predicted molar refractivity (Wildman–Crippen MR) is 91.2 cm³/mol. The minimum absolute atomic E-state index is 0.815. The molecule has 0 N–H and O–H groups in total. The Morgan fingerprint density at radius 3 is 2.57 bits per heavy atom. The molecule has 0 fully saturated rings. The number of hydrogen-bond acceptors (Lipinski definition) is 2. The SMILES string of the molecule is CCCCOc1ccc2ccccc2c1CCCN(C)C. The van der Waals surface area contributed by atoms with Gasteiger partial charge in [-0.15, -0.1) is 0 Å². The zero-order valence-electron chi connectivity index (χ0n) is 13.6. The fourth-order valence-corrected chi connectivity index (χ4v) is 2.61. The molecule has 2 heteroatoms. The number of unbranched alkanes of at least 4 members (excludes halogenated alkanes) is 1. The van der Waals surface area contributed by atoms with Crippen molar-refractivity contribution in [2.45, 2.75) is 32.6 Å². The van der Waals surface area contributed by atoms with Gasteiger partial charge in [0.15, 0.2) is 0 Å². The molecular weight excluding hydrogens is 258 g/mol. The van der Waals surface area contributed by atoms with Crippen LogP contribution in [-0.4, -0.2) is 32.1 Å². The van der Waals surface area contributed by atoms with Crippen LogP contribution in [0.1, 0.15) is 31.7 Å². The van der Waals surface area contributed by atoms with Crippen LogP contribution in [0.3, 0.4) is 0 Å². The molecule has 2 nitrogen and oxygen atoms in total. The number of rotatable bonds is 8. The Labute approximate surface area is 128 Å². The van der Waals surface area contributed by atoms with Gasteiger partial charge < -0.3 is 9.64 Å². The Balaban J connectivity index is 2.23. The van der Waals surface area contributed by atoms with Crippen LogP contribution < -0.4 is 4.74 Å². The molecule has 0 unspecified atom stereocenters. The lowest BCUT2D eigenvalue weighted by atomic mass is 9.99. The molecule has 0 atom stereocenters. The van der Waals surface area contributed by atoms with E-state index in [2.05, 4.69) is 62.3 Å². The Hall–Kier alpha value is -1.54. The zero-order chi connectivity index (χ0) is 15.1. The van der Waals surface area contributed by atoms with E-state index in [1.165, 1.54) is 22.8 Å². The van der Waals surface area contributed by atoms with Gasteiger partial charge in [-0.05, 0) is 56.7 Å². The van der Waals surface area contributed by atoms with Crippen molar-refractivity contribution >= 4 is 10.8 Å². The highest BCUT2D eigenvalue weighted by molar-refractivity contribution is 5.87. The van der Waals surface area contributed by atoms with E-state index in [0.717, 1.165) is 38.2 Å². The van der Waals surface area contributed by atoms with Crippen LogP contribution in [0.25, 0.3) is 10.8 Å². The average Bonchev–Trinajstić information content (AvgIpc) is 2.48. The maximum Gasteiger partial charge on any atom is 0.123 e. The molecule has 21 heavy (non-hydrogen) atoms. The van der Waals surface area contributed by atoms with E-state index < -0.39 is 0 Å². The van der Waals surface area contributed by atoms with Crippen molar-refractivity contribution < 1.29 is 4.74 Å². The van der Waals surface area contributed by atoms with E-state index in [-0.39, 0.29) is 0 Å². The van der Waals surface area contributed by atoms with Crippen molar-refractivity contribution in [3.8, 4) is 5.75 Å². The van der Waals surface area contributed by atoms with Crippen LogP contribution in [0.5, 0.6) is 5.75 Å². The molecule has 2 rings (SSSR count). The summed E-state index contributed by atoms with van der Waals surface area (Å²) in [6.07, 6.45) is 4.51. The topological polar surface area (TPSA) is 12.5 Å². The zero-order valence-corrected chi connectivity index (χ0v) is 13.6. The van der Waals surface area contributed by atoms with Gasteiger partial charge in [-0.25, -0.2) is 0 Å². The smallest absolute Gasteiger partial charge is 0.123 e. The molecule has 0 aliphatic carbocycles. The largest absolute Gasteiger partial charge is 0.493 e. The molecule has 0 heterocycles. The Bertz CT molecular complexity index is 562. The number of benzene rings is 2. The van der Waals surface area contributed by atoms with Crippen LogP contribution in [0.15, 0.2) is 36.4 Å². The molecule has 0 radical (unpaired) electrons. The normalized spacial score (nSPS) is 11.2. The quantitative estimate of drug-likeness (QED) is 0.662. The van der Waals surface area contributed by atoms with Crippen LogP contribution in [-0.2, 0) is 6.42 Å². The highest BCUT2D eigenvalue weighted by atomic mass is 16.5. The van der Waals surface area contributed by atoms with Gasteiger partial charge >= 0.3 is 0 Å². The van der Waals surface area contributed by atoms with E-state index in [1.54, 1.807) is 0 Å². The van der Waals surface area contributed by atoms with Crippen molar-refractivity contribution in [2.24, 2.45) is 0 Å². The lowest BCUT2D eigenvalue weighted by Crippen LogP contribution is -2.13. The minimum atomic E-state index is 0.815. The molecule has 0 aromatic heterocycles. The van der Waals surface area contributed by atoms with Gasteiger partial charge in [0, 0.05) is 5.56 Å². The molecular formula is C19H27NO. The number of ether oxygens (including phenoxy) is 1. The van der Waals surface area contributed by atoms with Gasteiger partial charge in [0.05, 0.1) is 6.61 Å². The van der Waals surface area contributed by atoms with Gasteiger partial charge in [0.25, 0.3) is 0 Å². The van der Waals surface area contributed by atoms with E-state index >= 15 is 0 Å². The maximum absolute atomic E-state index is 6.03. The highest BCUT2D eigenvalue weighted by Crippen LogP contribution is 2.29. The van der Waals surface area contributed by atoms with Crippen LogP contribution in [0.2, 0.25) is 0 Å². The van der Waals surface area contributed by atoms with Crippen LogP contribution in [0, 0.1) is 0 Å². The van der Waals surface area contributed by atoms with E-state index in [4.69, 9.17) is 4.74 Å². The molecule has 0 aliphatic heterocycles. The third-order valence-corrected chi connectivity index (χ3v) is 3.79. The minimum Gasteiger partial charge on any atom is -0.493 e. The van der Waals surface area contributed by atoms with Crippen LogP contribution >= 0.6 is 0 Å². The fourth-order valence-electron chi connectivity index (χ4n) is 2.61. The predicted octanol–water partition coefficient (Wildman–Crippen LogP) is 4.51. The highest BCUT2D eigenvalue weighted by Gasteiger charge is 2.09. The Morgan fingerprint density at radius 2 is 1.81 bits per heavy atom. The fraction of sp³-hybridized carbons (Fsp3) is 0.474. The van der Waals surface area contributed by atoms with E-state index in [9.17, 15) is 0 Å². The summed E-state index contributed by atoms with van der Waals surface area (Å²) in [4.78, 5) is 2.24. The Kier molecular flexibility index (Phi) is 6.06. The first-order chi connectivity index (χ1) is 10.2. The van der Waals surface area contributed by atoms with Crippen molar-refractivity contribution in [1.82, 2.24) is 4.90 Å². The standard InChI is InChI=1S/C19H27NO/c1-4-5-15-21-19-13-12-16-9-6-7-10-17(16)18(19)11-8-14-20(2)3/h6-7,9-10,12-13H,4-5,8,11,14-15H2,1-3H3. The number of aryl methyl sites for hydroxylation is 1. The van der Waals surface area contributed by atoms with Crippen molar-refractivity contribution in [1.29, 1.82) is 0 Å². The van der Waals surface area contributed by atoms with E-state index in [1.807, 2.05) is 0 Å². The Morgan fingerprint density at radius 1 is 1.00 bits per heavy atom. The summed E-state index contributed by atoms with van der Waals surface area (Å²) < 4.78 is 6.03. The van der Waals surface area contributed by atoms with Gasteiger partial charge in [-0.2, -0.15) is 0 Å². The molecule has 0 saturated heterocycles. The number of hydrogen-bond donors (Lipinski definition) is 0. The summed E-state index contributed by atoms with van der Waals surface area (Å²) in [6.45, 7) is 4.12. The van der Waals surface area contributed by atoms with Crippen LogP contribution in [0.4, 0.5) is 0 Å².